The van der Waals surface area contributed by atoms with Gasteiger partial charge in [-0.25, -0.2) is 0 Å². The Balaban J connectivity index is 2.49. The fourth-order valence-electron chi connectivity index (χ4n) is 1.90. The van der Waals surface area contributed by atoms with Crippen LogP contribution < -0.4 is 0 Å². The summed E-state index contributed by atoms with van der Waals surface area (Å²) >= 11 is 0. The number of rotatable bonds is 2. The van der Waals surface area contributed by atoms with Gasteiger partial charge in [-0.2, -0.15) is 0 Å². The second-order valence-corrected chi connectivity index (χ2v) is 4.37. The molecule has 0 heterocycles. The third-order valence-electron chi connectivity index (χ3n) is 2.90. The van der Waals surface area contributed by atoms with Crippen molar-refractivity contribution in [1.82, 2.24) is 4.90 Å². The van der Waals surface area contributed by atoms with Crippen LogP contribution in [0.5, 0.6) is 0 Å². The summed E-state index contributed by atoms with van der Waals surface area (Å²) in [5, 5.41) is 0. The molecule has 0 aromatic heterocycles. The molecule has 3 heteroatoms. The van der Waals surface area contributed by atoms with Gasteiger partial charge < -0.3 is 4.90 Å². The van der Waals surface area contributed by atoms with Crippen molar-refractivity contribution in [1.29, 1.82) is 0 Å². The fraction of sp³-hybridized carbons (Fsp3) is 0.818. The summed E-state index contributed by atoms with van der Waals surface area (Å²) in [4.78, 5) is 24.5. The molecular weight excluding hydrogens is 178 g/mol. The maximum atomic E-state index is 11.7. The Bertz CT molecular complexity index is 225. The third kappa shape index (κ3) is 2.56. The normalized spacial score (nSPS) is 18.7. The molecule has 3 nitrogen and oxygen atoms in total. The highest BCUT2D eigenvalue weighted by Gasteiger charge is 2.26. The lowest BCUT2D eigenvalue weighted by Crippen LogP contribution is -2.41. The molecule has 0 spiro atoms. The van der Waals surface area contributed by atoms with Gasteiger partial charge in [0.25, 0.3) is 0 Å². The molecule has 0 N–H and O–H groups in total. The molecule has 0 atom stereocenters. The van der Waals surface area contributed by atoms with Gasteiger partial charge in [0.1, 0.15) is 5.78 Å². The highest BCUT2D eigenvalue weighted by Crippen LogP contribution is 2.20. The first kappa shape index (κ1) is 11.2. The summed E-state index contributed by atoms with van der Waals surface area (Å²) in [5.74, 6) is 0.577. The first-order chi connectivity index (χ1) is 6.52. The lowest BCUT2D eigenvalue weighted by atomic mass is 9.93. The topological polar surface area (TPSA) is 37.4 Å². The van der Waals surface area contributed by atoms with Crippen LogP contribution in [0.1, 0.15) is 39.5 Å². The van der Waals surface area contributed by atoms with E-state index < -0.39 is 0 Å². The molecule has 1 aliphatic carbocycles. The van der Waals surface area contributed by atoms with Gasteiger partial charge in [0.15, 0.2) is 0 Å². The Labute approximate surface area is 85.5 Å². The zero-order valence-electron chi connectivity index (χ0n) is 9.25. The predicted molar refractivity (Wildman–Crippen MR) is 54.9 cm³/mol. The van der Waals surface area contributed by atoms with E-state index >= 15 is 0 Å². The standard InChI is InChI=1S/C11H19NO2/c1-8(2)11(14)12(3)9-4-6-10(13)7-5-9/h8-9H,4-7H2,1-3H3. The van der Waals surface area contributed by atoms with E-state index in [2.05, 4.69) is 0 Å². The van der Waals surface area contributed by atoms with Crippen molar-refractivity contribution in [2.24, 2.45) is 5.92 Å². The summed E-state index contributed by atoms with van der Waals surface area (Å²) in [6.45, 7) is 3.82. The molecule has 0 saturated heterocycles. The van der Waals surface area contributed by atoms with Gasteiger partial charge in [-0.05, 0) is 12.8 Å². The SMILES string of the molecule is CC(C)C(=O)N(C)C1CCC(=O)CC1. The molecule has 14 heavy (non-hydrogen) atoms. The average Bonchev–Trinajstić information content (AvgIpc) is 2.16. The van der Waals surface area contributed by atoms with E-state index in [4.69, 9.17) is 0 Å². The zero-order valence-corrected chi connectivity index (χ0v) is 9.25. The number of hydrogen-bond acceptors (Lipinski definition) is 2. The van der Waals surface area contributed by atoms with Crippen LogP contribution in [-0.4, -0.2) is 29.7 Å². The minimum atomic E-state index is 0.0534. The Morgan fingerprint density at radius 1 is 1.36 bits per heavy atom. The first-order valence-corrected chi connectivity index (χ1v) is 5.30. The third-order valence-corrected chi connectivity index (χ3v) is 2.90. The Morgan fingerprint density at radius 2 is 1.86 bits per heavy atom. The molecule has 0 bridgehead atoms. The van der Waals surface area contributed by atoms with Crippen LogP contribution in [0.25, 0.3) is 0 Å². The average molecular weight is 197 g/mol. The molecular formula is C11H19NO2. The highest BCUT2D eigenvalue weighted by molar-refractivity contribution is 5.81. The highest BCUT2D eigenvalue weighted by atomic mass is 16.2. The van der Waals surface area contributed by atoms with Gasteiger partial charge in [-0.1, -0.05) is 13.8 Å². The Hall–Kier alpha value is -0.860. The van der Waals surface area contributed by atoms with E-state index in [0.717, 1.165) is 12.8 Å². The largest absolute Gasteiger partial charge is 0.343 e. The van der Waals surface area contributed by atoms with Crippen LogP contribution in [0.4, 0.5) is 0 Å². The van der Waals surface area contributed by atoms with Gasteiger partial charge in [0, 0.05) is 31.8 Å². The number of ketones is 1. The minimum Gasteiger partial charge on any atom is -0.343 e. The van der Waals surface area contributed by atoms with Crippen molar-refractivity contribution < 1.29 is 9.59 Å². The number of nitrogens with zero attached hydrogens (tertiary/aromatic N) is 1. The first-order valence-electron chi connectivity index (χ1n) is 5.30. The number of amides is 1. The van der Waals surface area contributed by atoms with Crippen molar-refractivity contribution in [2.75, 3.05) is 7.05 Å². The zero-order chi connectivity index (χ0) is 10.7. The molecule has 0 aliphatic heterocycles. The van der Waals surface area contributed by atoms with E-state index in [-0.39, 0.29) is 17.9 Å². The molecule has 0 aromatic carbocycles. The molecule has 0 radical (unpaired) electrons. The van der Waals surface area contributed by atoms with Gasteiger partial charge in [-0.15, -0.1) is 0 Å². The van der Waals surface area contributed by atoms with Crippen molar-refractivity contribution in [3.05, 3.63) is 0 Å². The van der Waals surface area contributed by atoms with Crippen molar-refractivity contribution in [3.8, 4) is 0 Å². The van der Waals surface area contributed by atoms with Gasteiger partial charge in [0.05, 0.1) is 0 Å². The molecule has 80 valence electrons. The van der Waals surface area contributed by atoms with Gasteiger partial charge >= 0.3 is 0 Å². The summed E-state index contributed by atoms with van der Waals surface area (Å²) in [6, 6.07) is 0.280. The summed E-state index contributed by atoms with van der Waals surface area (Å²) in [7, 11) is 1.85. The fourth-order valence-corrected chi connectivity index (χ4v) is 1.90. The second-order valence-electron chi connectivity index (χ2n) is 4.37. The maximum Gasteiger partial charge on any atom is 0.225 e. The van der Waals surface area contributed by atoms with E-state index in [1.54, 1.807) is 0 Å². The molecule has 1 amide bonds. The van der Waals surface area contributed by atoms with Gasteiger partial charge in [-0.3, -0.25) is 9.59 Å². The van der Waals surface area contributed by atoms with Crippen LogP contribution in [-0.2, 0) is 9.59 Å². The second kappa shape index (κ2) is 4.58. The summed E-state index contributed by atoms with van der Waals surface area (Å²) in [5.41, 5.74) is 0. The quantitative estimate of drug-likeness (QED) is 0.674. The molecule has 1 rings (SSSR count). The molecule has 1 aliphatic rings. The number of carbonyl (C=O) groups is 2. The summed E-state index contributed by atoms with van der Waals surface area (Å²) < 4.78 is 0. The Kier molecular flexibility index (Phi) is 3.67. The van der Waals surface area contributed by atoms with Gasteiger partial charge in [0.2, 0.25) is 5.91 Å². The van der Waals surface area contributed by atoms with Crippen LogP contribution in [0.15, 0.2) is 0 Å². The maximum absolute atomic E-state index is 11.7. The van der Waals surface area contributed by atoms with Crippen molar-refractivity contribution in [3.63, 3.8) is 0 Å². The minimum absolute atomic E-state index is 0.0534. The van der Waals surface area contributed by atoms with E-state index in [9.17, 15) is 9.59 Å². The Morgan fingerprint density at radius 3 is 2.29 bits per heavy atom. The van der Waals surface area contributed by atoms with Crippen LogP contribution in [0.2, 0.25) is 0 Å². The van der Waals surface area contributed by atoms with Crippen LogP contribution >= 0.6 is 0 Å². The number of Topliss-reactive ketones (excluding diaryl/α,β-unsaturated/α-hetero) is 1. The van der Waals surface area contributed by atoms with Crippen LogP contribution in [0.3, 0.4) is 0 Å². The van der Waals surface area contributed by atoms with E-state index in [1.807, 2.05) is 25.8 Å². The summed E-state index contributed by atoms with van der Waals surface area (Å²) in [6.07, 6.45) is 2.96. The number of carbonyl (C=O) groups excluding carboxylic acids is 2. The van der Waals surface area contributed by atoms with Crippen molar-refractivity contribution >= 4 is 11.7 Å². The van der Waals surface area contributed by atoms with Crippen LogP contribution in [0, 0.1) is 5.92 Å². The molecule has 0 unspecified atom stereocenters. The monoisotopic (exact) mass is 197 g/mol. The van der Waals surface area contributed by atoms with Crippen molar-refractivity contribution in [2.45, 2.75) is 45.6 Å². The van der Waals surface area contributed by atoms with E-state index in [1.165, 1.54) is 0 Å². The number of hydrogen-bond donors (Lipinski definition) is 0. The molecule has 1 fully saturated rings. The smallest absolute Gasteiger partial charge is 0.225 e. The predicted octanol–water partition coefficient (Wildman–Crippen LogP) is 1.61. The lowest BCUT2D eigenvalue weighted by Gasteiger charge is -2.31. The molecule has 0 aromatic rings. The lowest BCUT2D eigenvalue weighted by molar-refractivity contribution is -0.137. The van der Waals surface area contributed by atoms with E-state index in [0.29, 0.717) is 18.6 Å². The molecule has 1 saturated carbocycles.